The molecular formula is C16H22O4. The van der Waals surface area contributed by atoms with Crippen LogP contribution in [0.5, 0.6) is 0 Å². The third-order valence-corrected chi connectivity index (χ3v) is 3.23. The van der Waals surface area contributed by atoms with E-state index in [-0.39, 0.29) is 0 Å². The van der Waals surface area contributed by atoms with Gasteiger partial charge in [0, 0.05) is 0 Å². The predicted molar refractivity (Wildman–Crippen MR) is 76.8 cm³/mol. The second kappa shape index (κ2) is 9.13. The van der Waals surface area contributed by atoms with Crippen LogP contribution in [-0.4, -0.2) is 26.2 Å². The highest BCUT2D eigenvalue weighted by Crippen LogP contribution is 2.15. The Morgan fingerprint density at radius 3 is 1.15 bits per heavy atom. The monoisotopic (exact) mass is 278 g/mol. The molecule has 0 radical (unpaired) electrons. The zero-order valence-corrected chi connectivity index (χ0v) is 12.2. The largest absolute Gasteiger partial charge is 0.465 e. The second-order valence-electron chi connectivity index (χ2n) is 4.68. The highest BCUT2D eigenvalue weighted by atomic mass is 16.5. The van der Waals surface area contributed by atoms with E-state index in [0.717, 1.165) is 0 Å². The first kappa shape index (κ1) is 16.2. The number of carbonyl (C=O) groups excluding carboxylic acids is 2. The molecule has 1 fully saturated rings. The number of methoxy groups -OCH3 is 2. The molecule has 1 aromatic rings. The number of rotatable bonds is 2. The maximum absolute atomic E-state index is 11.0. The fourth-order valence-corrected chi connectivity index (χ4v) is 2.04. The molecule has 0 atom stereocenters. The van der Waals surface area contributed by atoms with Crippen molar-refractivity contribution < 1.29 is 19.1 Å². The molecule has 0 bridgehead atoms. The molecule has 110 valence electrons. The number of ether oxygens (including phenoxy) is 2. The molecule has 20 heavy (non-hydrogen) atoms. The lowest BCUT2D eigenvalue weighted by atomic mass is 10.0. The highest BCUT2D eigenvalue weighted by Gasteiger charge is 2.08. The third-order valence-electron chi connectivity index (χ3n) is 3.23. The van der Waals surface area contributed by atoms with E-state index >= 15 is 0 Å². The maximum Gasteiger partial charge on any atom is 0.337 e. The Bertz CT molecular complexity index is 372. The SMILES string of the molecule is C1CCCCC1.COC(=O)c1ccc(C(=O)OC)cc1. The quantitative estimate of drug-likeness (QED) is 0.776. The minimum atomic E-state index is -0.429. The molecular weight excluding hydrogens is 256 g/mol. The molecule has 0 N–H and O–H groups in total. The summed E-state index contributed by atoms with van der Waals surface area (Å²) in [5.41, 5.74) is 0.806. The number of hydrogen-bond donors (Lipinski definition) is 0. The van der Waals surface area contributed by atoms with Crippen LogP contribution in [0.1, 0.15) is 59.2 Å². The van der Waals surface area contributed by atoms with E-state index in [1.54, 1.807) is 0 Å². The van der Waals surface area contributed by atoms with E-state index in [9.17, 15) is 9.59 Å². The molecule has 0 saturated heterocycles. The zero-order valence-electron chi connectivity index (χ0n) is 12.2. The topological polar surface area (TPSA) is 52.6 Å². The van der Waals surface area contributed by atoms with Crippen LogP contribution in [0, 0.1) is 0 Å². The molecule has 0 unspecified atom stereocenters. The van der Waals surface area contributed by atoms with Crippen molar-refractivity contribution in [1.29, 1.82) is 0 Å². The lowest BCUT2D eigenvalue weighted by molar-refractivity contribution is 0.0586. The van der Waals surface area contributed by atoms with Crippen molar-refractivity contribution in [2.24, 2.45) is 0 Å². The van der Waals surface area contributed by atoms with E-state index in [4.69, 9.17) is 0 Å². The van der Waals surface area contributed by atoms with Crippen molar-refractivity contribution in [3.8, 4) is 0 Å². The Morgan fingerprint density at radius 2 is 0.950 bits per heavy atom. The predicted octanol–water partition coefficient (Wildman–Crippen LogP) is 3.60. The molecule has 4 nitrogen and oxygen atoms in total. The number of hydrogen-bond acceptors (Lipinski definition) is 4. The van der Waals surface area contributed by atoms with Crippen LogP contribution in [0.15, 0.2) is 24.3 Å². The lowest BCUT2D eigenvalue weighted by Crippen LogP contribution is -2.04. The van der Waals surface area contributed by atoms with Gasteiger partial charge in [-0.25, -0.2) is 9.59 Å². The van der Waals surface area contributed by atoms with Gasteiger partial charge in [-0.3, -0.25) is 0 Å². The summed E-state index contributed by atoms with van der Waals surface area (Å²) in [5.74, 6) is -0.858. The molecule has 1 aliphatic carbocycles. The van der Waals surface area contributed by atoms with Crippen LogP contribution < -0.4 is 0 Å². The highest BCUT2D eigenvalue weighted by molar-refractivity contribution is 5.93. The van der Waals surface area contributed by atoms with E-state index in [1.807, 2.05) is 0 Å². The first-order chi connectivity index (χ1) is 9.69. The fraction of sp³-hybridized carbons (Fsp3) is 0.500. The average molecular weight is 278 g/mol. The summed E-state index contributed by atoms with van der Waals surface area (Å²) in [5, 5.41) is 0. The molecule has 2 rings (SSSR count). The number of esters is 2. The fourth-order valence-electron chi connectivity index (χ4n) is 2.04. The molecule has 1 aromatic carbocycles. The molecule has 0 amide bonds. The number of carbonyl (C=O) groups is 2. The summed E-state index contributed by atoms with van der Waals surface area (Å²) in [7, 11) is 2.60. The zero-order chi connectivity index (χ0) is 14.8. The summed E-state index contributed by atoms with van der Waals surface area (Å²) in [6.45, 7) is 0. The van der Waals surface area contributed by atoms with Gasteiger partial charge in [-0.2, -0.15) is 0 Å². The van der Waals surface area contributed by atoms with Crippen molar-refractivity contribution >= 4 is 11.9 Å². The van der Waals surface area contributed by atoms with Crippen LogP contribution >= 0.6 is 0 Å². The van der Waals surface area contributed by atoms with Gasteiger partial charge in [0.25, 0.3) is 0 Å². The average Bonchev–Trinajstić information content (AvgIpc) is 2.55. The second-order valence-corrected chi connectivity index (χ2v) is 4.68. The molecule has 0 heterocycles. The first-order valence-corrected chi connectivity index (χ1v) is 6.95. The first-order valence-electron chi connectivity index (χ1n) is 6.95. The minimum absolute atomic E-state index is 0.403. The summed E-state index contributed by atoms with van der Waals surface area (Å²) in [4.78, 5) is 22.1. The normalized spacial score (nSPS) is 13.7. The molecule has 1 saturated carbocycles. The Labute approximate surface area is 120 Å². The number of benzene rings is 1. The van der Waals surface area contributed by atoms with E-state index in [2.05, 4.69) is 9.47 Å². The van der Waals surface area contributed by atoms with Gasteiger partial charge in [-0.15, -0.1) is 0 Å². The van der Waals surface area contributed by atoms with Crippen molar-refractivity contribution in [3.05, 3.63) is 35.4 Å². The van der Waals surface area contributed by atoms with Gasteiger partial charge in [0.05, 0.1) is 25.3 Å². The molecule has 1 aliphatic rings. The Hall–Kier alpha value is -1.84. The molecule has 4 heteroatoms. The van der Waals surface area contributed by atoms with Crippen LogP contribution in [0.4, 0.5) is 0 Å². The van der Waals surface area contributed by atoms with E-state index in [0.29, 0.717) is 11.1 Å². The molecule has 0 aromatic heterocycles. The van der Waals surface area contributed by atoms with Gasteiger partial charge >= 0.3 is 11.9 Å². The third kappa shape index (κ3) is 5.43. The summed E-state index contributed by atoms with van der Waals surface area (Å²) in [6.07, 6.45) is 9.00. The van der Waals surface area contributed by atoms with Crippen LogP contribution in [0.2, 0.25) is 0 Å². The Morgan fingerprint density at radius 1 is 0.700 bits per heavy atom. The van der Waals surface area contributed by atoms with Crippen molar-refractivity contribution in [2.45, 2.75) is 38.5 Å². The van der Waals surface area contributed by atoms with Gasteiger partial charge in [0.2, 0.25) is 0 Å². The van der Waals surface area contributed by atoms with Crippen LogP contribution in [0.25, 0.3) is 0 Å². The maximum atomic E-state index is 11.0. The lowest BCUT2D eigenvalue weighted by Gasteiger charge is -2.05. The van der Waals surface area contributed by atoms with Gasteiger partial charge in [-0.05, 0) is 24.3 Å². The molecule has 0 aliphatic heterocycles. The van der Waals surface area contributed by atoms with Crippen molar-refractivity contribution in [3.63, 3.8) is 0 Å². The van der Waals surface area contributed by atoms with Crippen LogP contribution in [0.3, 0.4) is 0 Å². The standard InChI is InChI=1S/C10H10O4.C6H12/c1-13-9(11)7-3-5-8(6-4-7)10(12)14-2;1-2-4-6-5-3-1/h3-6H,1-2H3;1-6H2. The van der Waals surface area contributed by atoms with Gasteiger partial charge < -0.3 is 9.47 Å². The molecule has 0 spiro atoms. The Balaban J connectivity index is 0.000000276. The minimum Gasteiger partial charge on any atom is -0.465 e. The summed E-state index contributed by atoms with van der Waals surface area (Å²) in [6, 6.07) is 6.05. The summed E-state index contributed by atoms with van der Waals surface area (Å²) < 4.78 is 9.02. The van der Waals surface area contributed by atoms with Crippen molar-refractivity contribution in [2.75, 3.05) is 14.2 Å². The Kier molecular flexibility index (Phi) is 7.40. The van der Waals surface area contributed by atoms with Gasteiger partial charge in [0.1, 0.15) is 0 Å². The van der Waals surface area contributed by atoms with Crippen molar-refractivity contribution in [1.82, 2.24) is 0 Å². The summed E-state index contributed by atoms with van der Waals surface area (Å²) >= 11 is 0. The van der Waals surface area contributed by atoms with Gasteiger partial charge in [-0.1, -0.05) is 38.5 Å². The van der Waals surface area contributed by atoms with E-state index < -0.39 is 11.9 Å². The van der Waals surface area contributed by atoms with E-state index in [1.165, 1.54) is 77.0 Å². The smallest absolute Gasteiger partial charge is 0.337 e. The van der Waals surface area contributed by atoms with Gasteiger partial charge in [0.15, 0.2) is 0 Å². The van der Waals surface area contributed by atoms with Crippen LogP contribution in [-0.2, 0) is 9.47 Å².